The lowest BCUT2D eigenvalue weighted by Gasteiger charge is -2.10. The van der Waals surface area contributed by atoms with Gasteiger partial charge in [0.15, 0.2) is 6.61 Å². The molecule has 0 atom stereocenters. The minimum absolute atomic E-state index is 0.276. The molecule has 130 valence electrons. The Morgan fingerprint density at radius 1 is 0.962 bits per heavy atom. The molecule has 0 saturated carbocycles. The van der Waals surface area contributed by atoms with Crippen molar-refractivity contribution in [2.75, 3.05) is 0 Å². The van der Waals surface area contributed by atoms with E-state index in [1.807, 2.05) is 30.3 Å². The third-order valence-electron chi connectivity index (χ3n) is 4.61. The van der Waals surface area contributed by atoms with Crippen molar-refractivity contribution in [2.24, 2.45) is 0 Å². The highest BCUT2D eigenvalue weighted by atomic mass is 16.5. The molecule has 0 amide bonds. The van der Waals surface area contributed by atoms with Crippen LogP contribution in [-0.4, -0.2) is 10.1 Å². The Kier molecular flexibility index (Phi) is 4.17. The lowest BCUT2D eigenvalue weighted by Crippen LogP contribution is -2.00. The summed E-state index contributed by atoms with van der Waals surface area (Å²) >= 11 is 0. The highest BCUT2D eigenvalue weighted by molar-refractivity contribution is 5.94. The number of aromatic nitrogens is 2. The van der Waals surface area contributed by atoms with E-state index in [4.69, 9.17) is 9.26 Å². The van der Waals surface area contributed by atoms with Crippen LogP contribution in [0.25, 0.3) is 22.2 Å². The summed E-state index contributed by atoms with van der Waals surface area (Å²) in [5.41, 5.74) is 4.45. The molecule has 0 N–H and O–H groups in total. The standard InChI is InChI=1S/C22H20N2O2/c1-14-11-15(2)16(3)20(12-14)25-13-21-23-22(26-24-21)19-10-6-8-17-7-4-5-9-18(17)19/h4-12H,13H2,1-3H3. The van der Waals surface area contributed by atoms with E-state index in [1.165, 1.54) is 11.1 Å². The van der Waals surface area contributed by atoms with Gasteiger partial charge in [-0.2, -0.15) is 4.98 Å². The summed E-state index contributed by atoms with van der Waals surface area (Å²) in [6.07, 6.45) is 0. The van der Waals surface area contributed by atoms with Crippen molar-refractivity contribution in [1.29, 1.82) is 0 Å². The van der Waals surface area contributed by atoms with Crippen LogP contribution in [0.1, 0.15) is 22.5 Å². The number of fused-ring (bicyclic) bond motifs is 1. The molecular formula is C22H20N2O2. The third-order valence-corrected chi connectivity index (χ3v) is 4.61. The SMILES string of the molecule is Cc1cc(C)c(C)c(OCc2noc(-c3cccc4ccccc34)n2)c1. The van der Waals surface area contributed by atoms with Gasteiger partial charge in [-0.25, -0.2) is 0 Å². The molecule has 1 heterocycles. The fourth-order valence-electron chi connectivity index (χ4n) is 3.13. The number of benzene rings is 3. The maximum Gasteiger partial charge on any atom is 0.258 e. The van der Waals surface area contributed by atoms with Gasteiger partial charge in [0, 0.05) is 5.56 Å². The van der Waals surface area contributed by atoms with Gasteiger partial charge >= 0.3 is 0 Å². The molecule has 4 heteroatoms. The molecule has 0 spiro atoms. The van der Waals surface area contributed by atoms with Crippen molar-refractivity contribution >= 4 is 10.8 Å². The Hall–Kier alpha value is -3.14. The highest BCUT2D eigenvalue weighted by Crippen LogP contribution is 2.28. The van der Waals surface area contributed by atoms with Gasteiger partial charge in [-0.15, -0.1) is 0 Å². The first kappa shape index (κ1) is 16.3. The van der Waals surface area contributed by atoms with Crippen LogP contribution in [0, 0.1) is 20.8 Å². The lowest BCUT2D eigenvalue weighted by atomic mass is 10.0. The van der Waals surface area contributed by atoms with Crippen molar-refractivity contribution in [3.05, 3.63) is 77.1 Å². The normalized spacial score (nSPS) is 11.0. The van der Waals surface area contributed by atoms with Crippen molar-refractivity contribution in [3.8, 4) is 17.2 Å². The Labute approximate surface area is 152 Å². The molecular weight excluding hydrogens is 324 g/mol. The molecule has 4 nitrogen and oxygen atoms in total. The number of aryl methyl sites for hydroxylation is 2. The maximum absolute atomic E-state index is 5.94. The van der Waals surface area contributed by atoms with Crippen molar-refractivity contribution in [1.82, 2.24) is 10.1 Å². The first-order chi connectivity index (χ1) is 12.6. The molecule has 26 heavy (non-hydrogen) atoms. The number of ether oxygens (including phenoxy) is 1. The Morgan fingerprint density at radius 2 is 1.77 bits per heavy atom. The Bertz CT molecular complexity index is 1080. The van der Waals surface area contributed by atoms with E-state index in [0.29, 0.717) is 11.7 Å². The minimum atomic E-state index is 0.276. The largest absolute Gasteiger partial charge is 0.485 e. The van der Waals surface area contributed by atoms with Gasteiger partial charge in [0.1, 0.15) is 5.75 Å². The lowest BCUT2D eigenvalue weighted by molar-refractivity contribution is 0.285. The molecule has 4 rings (SSSR count). The predicted octanol–water partition coefficient (Wildman–Crippen LogP) is 5.39. The van der Waals surface area contributed by atoms with E-state index >= 15 is 0 Å². The quantitative estimate of drug-likeness (QED) is 0.498. The molecule has 1 aromatic heterocycles. The zero-order valence-electron chi connectivity index (χ0n) is 15.1. The van der Waals surface area contributed by atoms with Gasteiger partial charge in [-0.3, -0.25) is 0 Å². The molecule has 0 aliphatic carbocycles. The summed E-state index contributed by atoms with van der Waals surface area (Å²) < 4.78 is 11.4. The predicted molar refractivity (Wildman–Crippen MR) is 102 cm³/mol. The van der Waals surface area contributed by atoms with E-state index < -0.39 is 0 Å². The summed E-state index contributed by atoms with van der Waals surface area (Å²) in [5.74, 6) is 1.91. The third kappa shape index (κ3) is 3.06. The molecule has 0 fully saturated rings. The molecule has 4 aromatic rings. The summed E-state index contributed by atoms with van der Waals surface area (Å²) in [6, 6.07) is 18.4. The molecule has 3 aromatic carbocycles. The van der Waals surface area contributed by atoms with E-state index in [0.717, 1.165) is 27.6 Å². The highest BCUT2D eigenvalue weighted by Gasteiger charge is 2.13. The molecule has 0 aliphatic heterocycles. The fourth-order valence-corrected chi connectivity index (χ4v) is 3.13. The Morgan fingerprint density at radius 3 is 2.65 bits per heavy atom. The van der Waals surface area contributed by atoms with Gasteiger partial charge in [0.05, 0.1) is 0 Å². The van der Waals surface area contributed by atoms with E-state index in [-0.39, 0.29) is 6.61 Å². The molecule has 0 bridgehead atoms. The molecule has 0 aliphatic rings. The molecule has 0 unspecified atom stereocenters. The first-order valence-electron chi connectivity index (χ1n) is 8.63. The van der Waals surface area contributed by atoms with Gasteiger partial charge in [0.2, 0.25) is 5.82 Å². The number of hydrogen-bond acceptors (Lipinski definition) is 4. The van der Waals surface area contributed by atoms with Crippen LogP contribution in [0.2, 0.25) is 0 Å². The van der Waals surface area contributed by atoms with Crippen molar-refractivity contribution in [3.63, 3.8) is 0 Å². The maximum atomic E-state index is 5.94. The first-order valence-corrected chi connectivity index (χ1v) is 8.63. The van der Waals surface area contributed by atoms with E-state index in [1.54, 1.807) is 0 Å². The number of rotatable bonds is 4. The smallest absolute Gasteiger partial charge is 0.258 e. The zero-order valence-corrected chi connectivity index (χ0v) is 15.1. The minimum Gasteiger partial charge on any atom is -0.485 e. The summed E-state index contributed by atoms with van der Waals surface area (Å²) in [6.45, 7) is 6.48. The van der Waals surface area contributed by atoms with Gasteiger partial charge in [-0.05, 0) is 60.4 Å². The average Bonchev–Trinajstić information content (AvgIpc) is 3.12. The molecule has 0 radical (unpaired) electrons. The van der Waals surface area contributed by atoms with E-state index in [2.05, 4.69) is 55.2 Å². The van der Waals surface area contributed by atoms with Crippen LogP contribution in [0.5, 0.6) is 5.75 Å². The second-order valence-electron chi connectivity index (χ2n) is 6.54. The summed E-state index contributed by atoms with van der Waals surface area (Å²) in [5, 5.41) is 6.32. The van der Waals surface area contributed by atoms with Crippen LogP contribution in [0.3, 0.4) is 0 Å². The molecule has 0 saturated heterocycles. The van der Waals surface area contributed by atoms with Crippen molar-refractivity contribution in [2.45, 2.75) is 27.4 Å². The monoisotopic (exact) mass is 344 g/mol. The van der Waals surface area contributed by atoms with Crippen molar-refractivity contribution < 1.29 is 9.26 Å². The summed E-state index contributed by atoms with van der Waals surface area (Å²) in [7, 11) is 0. The average molecular weight is 344 g/mol. The summed E-state index contributed by atoms with van der Waals surface area (Å²) in [4.78, 5) is 4.52. The van der Waals surface area contributed by atoms with Crippen LogP contribution >= 0.6 is 0 Å². The fraction of sp³-hybridized carbons (Fsp3) is 0.182. The van der Waals surface area contributed by atoms with Crippen LogP contribution < -0.4 is 4.74 Å². The Balaban J connectivity index is 1.59. The number of nitrogens with zero attached hydrogens (tertiary/aromatic N) is 2. The second-order valence-corrected chi connectivity index (χ2v) is 6.54. The van der Waals surface area contributed by atoms with Crippen LogP contribution in [0.15, 0.2) is 59.1 Å². The van der Waals surface area contributed by atoms with Gasteiger partial charge < -0.3 is 9.26 Å². The van der Waals surface area contributed by atoms with Crippen LogP contribution in [-0.2, 0) is 6.61 Å². The van der Waals surface area contributed by atoms with Crippen LogP contribution in [0.4, 0.5) is 0 Å². The second kappa shape index (κ2) is 6.64. The van der Waals surface area contributed by atoms with E-state index in [9.17, 15) is 0 Å². The zero-order chi connectivity index (χ0) is 18.1. The topological polar surface area (TPSA) is 48.2 Å². The van der Waals surface area contributed by atoms with Gasteiger partial charge in [-0.1, -0.05) is 47.6 Å². The number of hydrogen-bond donors (Lipinski definition) is 0. The van der Waals surface area contributed by atoms with Gasteiger partial charge in [0.25, 0.3) is 5.89 Å².